The first-order chi connectivity index (χ1) is 12.8. The van der Waals surface area contributed by atoms with Gasteiger partial charge in [-0.1, -0.05) is 19.9 Å². The van der Waals surface area contributed by atoms with Gasteiger partial charge in [-0.05, 0) is 39.7 Å². The fourth-order valence-electron chi connectivity index (χ4n) is 3.32. The van der Waals surface area contributed by atoms with Crippen LogP contribution in [0.25, 0.3) is 0 Å². The van der Waals surface area contributed by atoms with Crippen LogP contribution in [0, 0.1) is 11.8 Å². The van der Waals surface area contributed by atoms with E-state index in [0.717, 1.165) is 13.0 Å². The Labute approximate surface area is 169 Å². The molecule has 1 aliphatic rings. The van der Waals surface area contributed by atoms with Crippen LogP contribution < -0.4 is 0 Å². The van der Waals surface area contributed by atoms with E-state index < -0.39 is 11.6 Å². The maximum atomic E-state index is 13.0. The summed E-state index contributed by atoms with van der Waals surface area (Å²) in [6, 6.07) is -0.599. The molecule has 0 unspecified atom stereocenters. The summed E-state index contributed by atoms with van der Waals surface area (Å²) in [6.07, 6.45) is 4.13. The molecule has 7 nitrogen and oxygen atoms in total. The molecule has 1 aliphatic heterocycles. The van der Waals surface area contributed by atoms with E-state index in [2.05, 4.69) is 4.90 Å². The Hall–Kier alpha value is -1.89. The molecule has 1 fully saturated rings. The average molecular weight is 396 g/mol. The van der Waals surface area contributed by atoms with Gasteiger partial charge in [0, 0.05) is 40.3 Å². The van der Waals surface area contributed by atoms with Crippen molar-refractivity contribution < 1.29 is 19.1 Å². The third-order valence-electron chi connectivity index (χ3n) is 4.73. The predicted octanol–water partition coefficient (Wildman–Crippen LogP) is 1.78. The molecule has 0 aliphatic carbocycles. The Morgan fingerprint density at radius 3 is 2.29 bits per heavy atom. The second-order valence-electron chi connectivity index (χ2n) is 9.05. The highest BCUT2D eigenvalue weighted by atomic mass is 16.6. The van der Waals surface area contributed by atoms with E-state index in [1.165, 1.54) is 4.90 Å². The van der Waals surface area contributed by atoms with Crippen molar-refractivity contribution in [2.45, 2.75) is 52.7 Å². The van der Waals surface area contributed by atoms with Gasteiger partial charge in [0.2, 0.25) is 11.8 Å². The summed E-state index contributed by atoms with van der Waals surface area (Å²) in [5, 5.41) is 0. The minimum Gasteiger partial charge on any atom is -0.458 e. The van der Waals surface area contributed by atoms with Gasteiger partial charge < -0.3 is 14.5 Å². The quantitative estimate of drug-likeness (QED) is 0.485. The van der Waals surface area contributed by atoms with E-state index in [4.69, 9.17) is 4.74 Å². The summed E-state index contributed by atoms with van der Waals surface area (Å²) < 4.78 is 5.52. The molecular weight excluding hydrogens is 358 g/mol. The lowest BCUT2D eigenvalue weighted by molar-refractivity contribution is -0.166. The molecule has 28 heavy (non-hydrogen) atoms. The number of likely N-dealkylation sites (N-methyl/N-ethyl adjacent to an activating group) is 2. The maximum Gasteiger partial charge on any atom is 0.329 e. The monoisotopic (exact) mass is 395 g/mol. The van der Waals surface area contributed by atoms with Gasteiger partial charge in [-0.25, -0.2) is 4.79 Å². The van der Waals surface area contributed by atoms with Crippen molar-refractivity contribution >= 4 is 17.8 Å². The van der Waals surface area contributed by atoms with Crippen LogP contribution in [0.4, 0.5) is 0 Å². The summed E-state index contributed by atoms with van der Waals surface area (Å²) >= 11 is 0. The first kappa shape index (κ1) is 24.1. The van der Waals surface area contributed by atoms with Gasteiger partial charge in [0.1, 0.15) is 11.6 Å². The third kappa shape index (κ3) is 7.26. The molecule has 0 aromatic rings. The highest BCUT2D eigenvalue weighted by Crippen LogP contribution is 2.22. The highest BCUT2D eigenvalue weighted by Gasteiger charge is 2.37. The molecule has 0 saturated carbocycles. The number of hydrogen-bond donors (Lipinski definition) is 0. The summed E-state index contributed by atoms with van der Waals surface area (Å²) in [7, 11) is 5.11. The normalized spacial score (nSPS) is 19.1. The number of carbonyl (C=O) groups is 3. The SMILES string of the molecule is CC(C)[C@@H](C(=O)OC(C)(C)C)N(C)C(=O)[C@H]1CCN(C/C=C/C(=O)N(C)C)C1. The third-order valence-corrected chi connectivity index (χ3v) is 4.73. The van der Waals surface area contributed by atoms with Crippen molar-refractivity contribution in [3.8, 4) is 0 Å². The Kier molecular flexibility index (Phi) is 8.67. The van der Waals surface area contributed by atoms with Crippen LogP contribution in [0.1, 0.15) is 41.0 Å². The number of nitrogens with zero attached hydrogens (tertiary/aromatic N) is 3. The maximum absolute atomic E-state index is 13.0. The zero-order valence-electron chi connectivity index (χ0n) is 18.7. The number of hydrogen-bond acceptors (Lipinski definition) is 5. The van der Waals surface area contributed by atoms with E-state index in [1.807, 2.05) is 40.7 Å². The first-order valence-corrected chi connectivity index (χ1v) is 9.93. The lowest BCUT2D eigenvalue weighted by atomic mass is 9.99. The standard InChI is InChI=1S/C21H37N3O4/c1-15(2)18(20(27)28-21(3,4)5)23(8)19(26)16-11-13-24(14-16)12-9-10-17(25)22(6)7/h9-10,15-16,18H,11-14H2,1-8H3/b10-9+/t16-,18-/m0/s1. The second kappa shape index (κ2) is 10.0. The Balaban J connectivity index is 2.69. The van der Waals surface area contributed by atoms with E-state index in [-0.39, 0.29) is 29.6 Å². The van der Waals surface area contributed by atoms with E-state index >= 15 is 0 Å². The molecule has 0 spiro atoms. The van der Waals surface area contributed by atoms with Crippen LogP contribution in [0.15, 0.2) is 12.2 Å². The Bertz CT molecular complexity index is 593. The molecule has 0 bridgehead atoms. The molecule has 7 heteroatoms. The van der Waals surface area contributed by atoms with E-state index in [1.54, 1.807) is 32.1 Å². The van der Waals surface area contributed by atoms with Crippen LogP contribution in [0.5, 0.6) is 0 Å². The number of esters is 1. The first-order valence-electron chi connectivity index (χ1n) is 9.93. The second-order valence-corrected chi connectivity index (χ2v) is 9.05. The van der Waals surface area contributed by atoms with Crippen LogP contribution >= 0.6 is 0 Å². The summed E-state index contributed by atoms with van der Waals surface area (Å²) in [4.78, 5) is 42.4. The summed E-state index contributed by atoms with van der Waals surface area (Å²) in [5.41, 5.74) is -0.589. The molecule has 1 rings (SSSR count). The largest absolute Gasteiger partial charge is 0.458 e. The van der Waals surface area contributed by atoms with Crippen LogP contribution in [0.3, 0.4) is 0 Å². The molecule has 2 atom stereocenters. The van der Waals surface area contributed by atoms with Gasteiger partial charge in [0.05, 0.1) is 5.92 Å². The molecule has 0 N–H and O–H groups in total. The highest BCUT2D eigenvalue weighted by molar-refractivity contribution is 5.87. The average Bonchev–Trinajstić information content (AvgIpc) is 3.00. The minimum atomic E-state index is -0.599. The summed E-state index contributed by atoms with van der Waals surface area (Å²) in [6.45, 7) is 11.4. The number of likely N-dealkylation sites (tertiary alicyclic amines) is 1. The molecule has 0 radical (unpaired) electrons. The number of rotatable bonds is 7. The van der Waals surface area contributed by atoms with Gasteiger partial charge >= 0.3 is 5.97 Å². The van der Waals surface area contributed by atoms with Crippen molar-refractivity contribution in [1.82, 2.24) is 14.7 Å². The lowest BCUT2D eigenvalue weighted by Crippen LogP contribution is -2.50. The topological polar surface area (TPSA) is 70.2 Å². The van der Waals surface area contributed by atoms with Crippen LogP contribution in [0.2, 0.25) is 0 Å². The predicted molar refractivity (Wildman–Crippen MR) is 110 cm³/mol. The van der Waals surface area contributed by atoms with Gasteiger partial charge in [-0.15, -0.1) is 0 Å². The molecule has 2 amide bonds. The van der Waals surface area contributed by atoms with Crippen molar-refractivity contribution in [2.75, 3.05) is 40.8 Å². The van der Waals surface area contributed by atoms with Crippen molar-refractivity contribution in [3.63, 3.8) is 0 Å². The molecular formula is C21H37N3O4. The Morgan fingerprint density at radius 2 is 1.79 bits per heavy atom. The number of ether oxygens (including phenoxy) is 1. The molecule has 1 saturated heterocycles. The zero-order chi connectivity index (χ0) is 21.6. The lowest BCUT2D eigenvalue weighted by Gasteiger charge is -2.33. The van der Waals surface area contributed by atoms with Crippen LogP contribution in [-0.4, -0.2) is 84.9 Å². The van der Waals surface area contributed by atoms with Crippen molar-refractivity contribution in [2.24, 2.45) is 11.8 Å². The van der Waals surface area contributed by atoms with Gasteiger partial charge in [0.15, 0.2) is 0 Å². The minimum absolute atomic E-state index is 0.0274. The van der Waals surface area contributed by atoms with Crippen molar-refractivity contribution in [1.29, 1.82) is 0 Å². The Morgan fingerprint density at radius 1 is 1.18 bits per heavy atom. The fourth-order valence-corrected chi connectivity index (χ4v) is 3.32. The molecule has 1 heterocycles. The molecule has 0 aromatic heterocycles. The number of amides is 2. The molecule has 0 aromatic carbocycles. The van der Waals surface area contributed by atoms with Gasteiger partial charge in [-0.3, -0.25) is 14.5 Å². The van der Waals surface area contributed by atoms with E-state index in [9.17, 15) is 14.4 Å². The van der Waals surface area contributed by atoms with E-state index in [0.29, 0.717) is 13.1 Å². The molecule has 160 valence electrons. The smallest absolute Gasteiger partial charge is 0.329 e. The van der Waals surface area contributed by atoms with Crippen molar-refractivity contribution in [3.05, 3.63) is 12.2 Å². The number of carbonyl (C=O) groups excluding carboxylic acids is 3. The summed E-state index contributed by atoms with van der Waals surface area (Å²) in [5.74, 6) is -0.629. The van der Waals surface area contributed by atoms with Crippen LogP contribution in [-0.2, 0) is 19.1 Å². The fraction of sp³-hybridized carbons (Fsp3) is 0.762. The van der Waals surface area contributed by atoms with Gasteiger partial charge in [-0.2, -0.15) is 0 Å². The zero-order valence-corrected chi connectivity index (χ0v) is 18.7. The van der Waals surface area contributed by atoms with Gasteiger partial charge in [0.25, 0.3) is 0 Å².